The highest BCUT2D eigenvalue weighted by atomic mass is 31.2. The molecule has 0 amide bonds. The van der Waals surface area contributed by atoms with Gasteiger partial charge in [0.25, 0.3) is 0 Å². The zero-order chi connectivity index (χ0) is 31.0. The van der Waals surface area contributed by atoms with Crippen LogP contribution in [0.15, 0.2) is 73.4 Å². The highest BCUT2D eigenvalue weighted by Gasteiger charge is 2.64. The Bertz CT molecular complexity index is 1180. The number of hydrogen-bond donors (Lipinski definition) is 0. The fourth-order valence-electron chi connectivity index (χ4n) is 4.45. The van der Waals surface area contributed by atoms with Gasteiger partial charge in [-0.05, 0) is 120 Å². The van der Waals surface area contributed by atoms with Crippen LogP contribution in [0.1, 0.15) is 18.1 Å². The van der Waals surface area contributed by atoms with E-state index in [0.717, 1.165) is 11.1 Å². The number of rotatable bonds is 16. The first-order chi connectivity index (χ1) is 18.8. The third-order valence-corrected chi connectivity index (χ3v) is 19.7. The van der Waals surface area contributed by atoms with E-state index < -0.39 is 44.8 Å². The first-order valence-electron chi connectivity index (χ1n) is 14.2. The summed E-state index contributed by atoms with van der Waals surface area (Å²) in [4.78, 5) is 8.27. The van der Waals surface area contributed by atoms with Crippen molar-refractivity contribution in [1.82, 2.24) is 9.97 Å². The summed E-state index contributed by atoms with van der Waals surface area (Å²) in [7, 11) is -15.1. The third kappa shape index (κ3) is 11.1. The Kier molecular flexibility index (Phi) is 12.7. The number of aromatic nitrogens is 2. The summed E-state index contributed by atoms with van der Waals surface area (Å²) in [5.41, 5.74) is 1.97. The lowest BCUT2D eigenvalue weighted by molar-refractivity contribution is 0.231. The van der Waals surface area contributed by atoms with Gasteiger partial charge in [-0.15, -0.1) is 0 Å². The fourth-order valence-corrected chi connectivity index (χ4v) is 22.6. The lowest BCUT2D eigenvalue weighted by Gasteiger charge is -2.48. The maximum absolute atomic E-state index is 15.8. The van der Waals surface area contributed by atoms with Crippen molar-refractivity contribution in [2.45, 2.75) is 83.8 Å². The molecule has 0 bridgehead atoms. The molecule has 0 aliphatic carbocycles. The van der Waals surface area contributed by atoms with Gasteiger partial charge in [-0.3, -0.25) is 19.1 Å². The summed E-state index contributed by atoms with van der Waals surface area (Å²) in [5.74, 6) is 0. The largest absolute Gasteiger partial charge is 0.393 e. The normalized spacial score (nSPS) is 17.8. The zero-order valence-electron chi connectivity index (χ0n) is 26.6. The predicted octanol–water partition coefficient (Wildman–Crippen LogP) is 9.16. The second-order valence-corrected chi connectivity index (χ2v) is 32.8. The number of hydrogen-bond acceptors (Lipinski definition) is 7. The molecule has 2 aromatic heterocycles. The topological polar surface area (TPSA) is 87.6 Å². The molecule has 2 atom stereocenters. The van der Waals surface area contributed by atoms with E-state index in [-0.39, 0.29) is 12.3 Å². The van der Waals surface area contributed by atoms with Crippen LogP contribution in [-0.4, -0.2) is 52.3 Å². The molecule has 2 rings (SSSR count). The molecule has 12 heteroatoms. The SMILES string of the molecule is CC=CC=CC(O[Si](C)(C)C)(P(=O)(CCc1ccncc1)O[Si](C)(C)C)P(=O)(CCc1ccncc1)O[Si](C)(C)C. The summed E-state index contributed by atoms with van der Waals surface area (Å²) in [6.07, 6.45) is 15.5. The highest BCUT2D eigenvalue weighted by Crippen LogP contribution is 2.79. The van der Waals surface area contributed by atoms with Crippen LogP contribution >= 0.6 is 14.7 Å². The Morgan fingerprint density at radius 3 is 1.39 bits per heavy atom. The van der Waals surface area contributed by atoms with Crippen molar-refractivity contribution in [2.24, 2.45) is 0 Å². The minimum atomic E-state index is -3.86. The Morgan fingerprint density at radius 1 is 0.683 bits per heavy atom. The van der Waals surface area contributed by atoms with E-state index in [4.69, 9.17) is 12.9 Å². The smallest absolute Gasteiger partial charge is 0.237 e. The van der Waals surface area contributed by atoms with E-state index in [1.807, 2.05) is 102 Å². The summed E-state index contributed by atoms with van der Waals surface area (Å²) in [6.45, 7) is 20.1. The molecule has 0 spiro atoms. The first kappa shape index (κ1) is 36.0. The van der Waals surface area contributed by atoms with Crippen molar-refractivity contribution >= 4 is 39.7 Å². The fraction of sp³-hybridized carbons (Fsp3) is 0.517. The van der Waals surface area contributed by atoms with Crippen molar-refractivity contribution in [2.75, 3.05) is 12.3 Å². The Hall–Kier alpha value is -1.23. The van der Waals surface area contributed by atoms with Crippen molar-refractivity contribution in [3.05, 3.63) is 84.5 Å². The van der Waals surface area contributed by atoms with Gasteiger partial charge in [-0.2, -0.15) is 0 Å². The van der Waals surface area contributed by atoms with Crippen LogP contribution in [0.25, 0.3) is 0 Å². The molecular weight excluding hydrogens is 603 g/mol. The van der Waals surface area contributed by atoms with Gasteiger partial charge in [0.05, 0.1) is 0 Å². The molecular formula is C29H50N2O5P2Si3. The van der Waals surface area contributed by atoms with Crippen LogP contribution in [0.2, 0.25) is 58.9 Å². The number of aryl methyl sites for hydroxylation is 2. The van der Waals surface area contributed by atoms with E-state index in [9.17, 15) is 0 Å². The van der Waals surface area contributed by atoms with E-state index in [2.05, 4.69) is 9.97 Å². The maximum atomic E-state index is 15.8. The summed E-state index contributed by atoms with van der Waals surface area (Å²) in [6, 6.07) is 7.66. The van der Waals surface area contributed by atoms with Gasteiger partial charge in [-0.25, -0.2) is 0 Å². The maximum Gasteiger partial charge on any atom is 0.237 e. The van der Waals surface area contributed by atoms with Crippen molar-refractivity contribution < 1.29 is 22.0 Å². The quantitative estimate of drug-likeness (QED) is 0.102. The minimum absolute atomic E-state index is 0.167. The molecule has 0 N–H and O–H groups in total. The average Bonchev–Trinajstić information content (AvgIpc) is 2.84. The van der Waals surface area contributed by atoms with Crippen LogP contribution < -0.4 is 0 Å². The second-order valence-electron chi connectivity index (χ2n) is 13.2. The Balaban J connectivity index is 2.93. The molecule has 0 aliphatic rings. The molecule has 0 fully saturated rings. The molecule has 228 valence electrons. The van der Waals surface area contributed by atoms with Crippen LogP contribution in [0.3, 0.4) is 0 Å². The van der Waals surface area contributed by atoms with Crippen LogP contribution in [-0.2, 0) is 34.8 Å². The molecule has 0 saturated carbocycles. The lowest BCUT2D eigenvalue weighted by atomic mass is 10.2. The predicted molar refractivity (Wildman–Crippen MR) is 181 cm³/mol. The van der Waals surface area contributed by atoms with Gasteiger partial charge in [0.1, 0.15) is 0 Å². The first-order valence-corrected chi connectivity index (χ1v) is 28.1. The molecule has 2 unspecified atom stereocenters. The molecule has 0 radical (unpaired) electrons. The van der Waals surface area contributed by atoms with Gasteiger partial charge in [-0.1, -0.05) is 18.2 Å². The number of allylic oxidation sites excluding steroid dienone is 3. The standard InChI is InChI=1S/C29H50N2O5P2Si3/c1-11-12-13-20-29(34-39(2,3)4,37(32,35-40(5,6)7)25-18-27-14-21-30-22-15-27)38(33,36-41(8,9)10)26-19-28-16-23-31-24-17-28/h11-17,20-24H,18-19,25-26H2,1-10H3. The van der Waals surface area contributed by atoms with Gasteiger partial charge in [0, 0.05) is 37.1 Å². The molecule has 2 aromatic rings. The lowest BCUT2D eigenvalue weighted by Crippen LogP contribution is -2.46. The number of pyridine rings is 2. The summed E-state index contributed by atoms with van der Waals surface area (Å²) in [5, 5.41) is -1.75. The second kappa shape index (κ2) is 14.5. The van der Waals surface area contributed by atoms with Crippen LogP contribution in [0.4, 0.5) is 0 Å². The highest BCUT2D eigenvalue weighted by molar-refractivity contribution is 7.80. The molecule has 41 heavy (non-hydrogen) atoms. The molecule has 2 heterocycles. The molecule has 0 saturated heterocycles. The van der Waals surface area contributed by atoms with Gasteiger partial charge >= 0.3 is 0 Å². The van der Waals surface area contributed by atoms with Crippen molar-refractivity contribution in [3.63, 3.8) is 0 Å². The van der Waals surface area contributed by atoms with Crippen LogP contribution in [0.5, 0.6) is 0 Å². The summed E-state index contributed by atoms with van der Waals surface area (Å²) >= 11 is 0. The molecule has 0 aliphatic heterocycles. The van der Waals surface area contributed by atoms with E-state index in [1.165, 1.54) is 0 Å². The van der Waals surface area contributed by atoms with E-state index >= 15 is 9.13 Å². The van der Waals surface area contributed by atoms with Gasteiger partial charge < -0.3 is 12.9 Å². The molecule has 0 aromatic carbocycles. The Labute approximate surface area is 251 Å². The number of nitrogens with zero attached hydrogens (tertiary/aromatic N) is 2. The zero-order valence-corrected chi connectivity index (χ0v) is 31.4. The summed E-state index contributed by atoms with van der Waals surface area (Å²) < 4.78 is 52.2. The van der Waals surface area contributed by atoms with E-state index in [1.54, 1.807) is 36.9 Å². The minimum Gasteiger partial charge on any atom is -0.393 e. The average molecular weight is 653 g/mol. The van der Waals surface area contributed by atoms with Crippen molar-refractivity contribution in [1.29, 1.82) is 0 Å². The van der Waals surface area contributed by atoms with Crippen LogP contribution in [0, 0.1) is 0 Å². The molecule has 7 nitrogen and oxygen atoms in total. The van der Waals surface area contributed by atoms with Gasteiger partial charge in [0.15, 0.2) is 25.0 Å². The Morgan fingerprint density at radius 2 is 1.07 bits per heavy atom. The van der Waals surface area contributed by atoms with Gasteiger partial charge in [0.2, 0.25) is 19.8 Å². The van der Waals surface area contributed by atoms with E-state index in [0.29, 0.717) is 12.8 Å². The van der Waals surface area contributed by atoms with Crippen molar-refractivity contribution in [3.8, 4) is 0 Å². The third-order valence-electron chi connectivity index (χ3n) is 5.78. The monoisotopic (exact) mass is 652 g/mol.